The van der Waals surface area contributed by atoms with E-state index in [1.165, 1.54) is 10.8 Å². The number of benzene rings is 1. The highest BCUT2D eigenvalue weighted by Crippen LogP contribution is 2.40. The van der Waals surface area contributed by atoms with Crippen LogP contribution in [0.2, 0.25) is 0 Å². The number of aliphatic hydroxyl groups is 2. The molecule has 3 atom stereocenters. The van der Waals surface area contributed by atoms with E-state index in [4.69, 9.17) is 14.6 Å². The number of aliphatic hydroxyl groups excluding tert-OH is 2. The summed E-state index contributed by atoms with van der Waals surface area (Å²) in [5, 5.41) is 22.0. The van der Waals surface area contributed by atoms with Crippen LogP contribution < -0.4 is 15.7 Å². The summed E-state index contributed by atoms with van der Waals surface area (Å²) in [5.41, 5.74) is 0.215. The molecule has 0 radical (unpaired) electrons. The smallest absolute Gasteiger partial charge is 0.351 e. The molecule has 23 heavy (non-hydrogen) atoms. The van der Waals surface area contributed by atoms with Gasteiger partial charge in [0.1, 0.15) is 12.3 Å². The number of hydrogen-bond acceptors (Lipinski definition) is 7. The van der Waals surface area contributed by atoms with Gasteiger partial charge < -0.3 is 25.0 Å². The quantitative estimate of drug-likeness (QED) is 0.640. The number of ether oxygens (including phenoxy) is 2. The van der Waals surface area contributed by atoms with Crippen LogP contribution in [0.3, 0.4) is 0 Å². The van der Waals surface area contributed by atoms with E-state index in [0.29, 0.717) is 17.3 Å². The molecule has 0 spiro atoms. The maximum atomic E-state index is 12.2. The fraction of sp³-hybridized carbons (Fsp3) is 0.333. The number of hydrogen-bond donors (Lipinski definition) is 3. The van der Waals surface area contributed by atoms with Gasteiger partial charge in [0.15, 0.2) is 17.3 Å². The maximum Gasteiger partial charge on any atom is 0.351 e. The van der Waals surface area contributed by atoms with Crippen LogP contribution in [-0.2, 0) is 4.74 Å². The lowest BCUT2D eigenvalue weighted by Crippen LogP contribution is -2.28. The minimum Gasteiger partial charge on any atom is -0.450 e. The predicted molar refractivity (Wildman–Crippen MR) is 79.9 cm³/mol. The Labute approximate surface area is 130 Å². The first-order valence-corrected chi connectivity index (χ1v) is 7.27. The predicted octanol–water partition coefficient (Wildman–Crippen LogP) is 0.733. The van der Waals surface area contributed by atoms with Crippen molar-refractivity contribution in [3.05, 3.63) is 40.9 Å². The molecule has 120 valence electrons. The molecule has 2 aliphatic rings. The van der Waals surface area contributed by atoms with Gasteiger partial charge >= 0.3 is 5.69 Å². The number of nitrogens with zero attached hydrogens (tertiary/aromatic N) is 2. The van der Waals surface area contributed by atoms with E-state index in [1.807, 2.05) is 18.2 Å². The summed E-state index contributed by atoms with van der Waals surface area (Å²) in [6, 6.07) is 7.33. The molecule has 0 amide bonds. The lowest BCUT2D eigenvalue weighted by molar-refractivity contribution is -0.0459. The molecule has 3 heterocycles. The molecule has 1 aromatic carbocycles. The first-order valence-electron chi connectivity index (χ1n) is 7.27. The zero-order valence-corrected chi connectivity index (χ0v) is 12.0. The maximum absolute atomic E-state index is 12.2. The van der Waals surface area contributed by atoms with E-state index in [0.717, 1.165) is 5.69 Å². The fourth-order valence-electron chi connectivity index (χ4n) is 2.78. The Hall–Kier alpha value is -2.42. The Morgan fingerprint density at radius 3 is 2.96 bits per heavy atom. The van der Waals surface area contributed by atoms with Crippen molar-refractivity contribution in [3.8, 4) is 11.5 Å². The number of anilines is 2. The zero-order valence-electron chi connectivity index (χ0n) is 12.0. The molecule has 8 nitrogen and oxygen atoms in total. The van der Waals surface area contributed by atoms with E-state index < -0.39 is 24.1 Å². The van der Waals surface area contributed by atoms with Gasteiger partial charge in [0.05, 0.1) is 24.6 Å². The SMILES string of the molecule is O=c1nc2c(cn1[C@H]1C[C@@H](O)[C@@H](CO)O1)Oc1ccccc1N2. The van der Waals surface area contributed by atoms with Crippen LogP contribution in [0.5, 0.6) is 11.5 Å². The van der Waals surface area contributed by atoms with Gasteiger partial charge in [-0.25, -0.2) is 4.79 Å². The van der Waals surface area contributed by atoms with E-state index in [9.17, 15) is 9.90 Å². The number of nitrogens with one attached hydrogen (secondary N) is 1. The summed E-state index contributed by atoms with van der Waals surface area (Å²) in [4.78, 5) is 16.2. The minimum atomic E-state index is -0.826. The number of para-hydroxylation sites is 2. The summed E-state index contributed by atoms with van der Waals surface area (Å²) in [6.07, 6.45) is -0.510. The van der Waals surface area contributed by atoms with Crippen molar-refractivity contribution >= 4 is 11.5 Å². The molecule has 1 fully saturated rings. The molecule has 8 heteroatoms. The van der Waals surface area contributed by atoms with Gasteiger partial charge in [-0.3, -0.25) is 4.57 Å². The molecule has 2 aromatic rings. The van der Waals surface area contributed by atoms with Crippen molar-refractivity contribution in [2.45, 2.75) is 24.9 Å². The van der Waals surface area contributed by atoms with Gasteiger partial charge in [0.2, 0.25) is 0 Å². The Balaban J connectivity index is 1.69. The summed E-state index contributed by atoms with van der Waals surface area (Å²) < 4.78 is 12.5. The normalized spacial score (nSPS) is 25.2. The third kappa shape index (κ3) is 2.37. The van der Waals surface area contributed by atoms with E-state index in [-0.39, 0.29) is 13.0 Å². The third-order valence-corrected chi connectivity index (χ3v) is 3.97. The molecular weight excluding hydrogens is 302 g/mol. The largest absolute Gasteiger partial charge is 0.450 e. The lowest BCUT2D eigenvalue weighted by atomic mass is 10.2. The van der Waals surface area contributed by atoms with Crippen LogP contribution in [0.25, 0.3) is 0 Å². The lowest BCUT2D eigenvalue weighted by Gasteiger charge is -2.22. The van der Waals surface area contributed by atoms with Gasteiger partial charge in [-0.2, -0.15) is 4.98 Å². The molecule has 2 aliphatic heterocycles. The van der Waals surface area contributed by atoms with Gasteiger partial charge in [-0.1, -0.05) is 12.1 Å². The van der Waals surface area contributed by atoms with E-state index >= 15 is 0 Å². The molecule has 1 saturated heterocycles. The average Bonchev–Trinajstić information content (AvgIpc) is 2.93. The van der Waals surface area contributed by atoms with E-state index in [1.54, 1.807) is 6.07 Å². The second-order valence-corrected chi connectivity index (χ2v) is 5.48. The average molecular weight is 317 g/mol. The highest BCUT2D eigenvalue weighted by atomic mass is 16.5. The second-order valence-electron chi connectivity index (χ2n) is 5.48. The number of aromatic nitrogens is 2. The first kappa shape index (κ1) is 14.2. The van der Waals surface area contributed by atoms with Gasteiger partial charge in [-0.05, 0) is 12.1 Å². The third-order valence-electron chi connectivity index (χ3n) is 3.97. The first-order chi connectivity index (χ1) is 11.2. The van der Waals surface area contributed by atoms with Crippen LogP contribution in [0.4, 0.5) is 11.5 Å². The molecule has 4 rings (SSSR count). The summed E-state index contributed by atoms with van der Waals surface area (Å²) in [5.74, 6) is 1.36. The Bertz CT molecular complexity index is 806. The number of fused-ring (bicyclic) bond motifs is 2. The van der Waals surface area contributed by atoms with Crippen LogP contribution >= 0.6 is 0 Å². The highest BCUT2D eigenvalue weighted by molar-refractivity contribution is 5.72. The summed E-state index contributed by atoms with van der Waals surface area (Å²) >= 11 is 0. The van der Waals surface area contributed by atoms with Crippen LogP contribution in [0.15, 0.2) is 35.3 Å². The number of rotatable bonds is 2. The van der Waals surface area contributed by atoms with Crippen LogP contribution in [0, 0.1) is 0 Å². The Morgan fingerprint density at radius 1 is 1.35 bits per heavy atom. The van der Waals surface area contributed by atoms with Crippen molar-refractivity contribution in [2.75, 3.05) is 11.9 Å². The van der Waals surface area contributed by atoms with Crippen molar-refractivity contribution in [2.24, 2.45) is 0 Å². The van der Waals surface area contributed by atoms with Crippen molar-refractivity contribution in [3.63, 3.8) is 0 Å². The van der Waals surface area contributed by atoms with Gasteiger partial charge in [-0.15, -0.1) is 0 Å². The zero-order chi connectivity index (χ0) is 16.0. The Morgan fingerprint density at radius 2 is 2.17 bits per heavy atom. The monoisotopic (exact) mass is 317 g/mol. The molecule has 0 unspecified atom stereocenters. The van der Waals surface area contributed by atoms with Crippen LogP contribution in [-0.4, -0.2) is 38.6 Å². The molecule has 0 bridgehead atoms. The molecule has 1 aromatic heterocycles. The van der Waals surface area contributed by atoms with Crippen molar-refractivity contribution in [1.29, 1.82) is 0 Å². The molecular formula is C15H15N3O5. The second kappa shape index (κ2) is 5.34. The van der Waals surface area contributed by atoms with Crippen molar-refractivity contribution in [1.82, 2.24) is 9.55 Å². The molecule has 0 aliphatic carbocycles. The van der Waals surface area contributed by atoms with Crippen molar-refractivity contribution < 1.29 is 19.7 Å². The minimum absolute atomic E-state index is 0.204. The van der Waals surface area contributed by atoms with E-state index in [2.05, 4.69) is 10.3 Å². The standard InChI is InChI=1S/C15H15N3O5/c19-7-12-9(20)5-13(23-12)18-6-11-14(17-15(18)21)16-8-3-1-2-4-10(8)22-11/h1-4,6,9,12-13,19-20H,5,7H2,(H,16,17,21)/t9-,12-,13-/m1/s1. The summed E-state index contributed by atoms with van der Waals surface area (Å²) in [6.45, 7) is -0.309. The summed E-state index contributed by atoms with van der Waals surface area (Å²) in [7, 11) is 0. The molecule has 0 saturated carbocycles. The Kier molecular flexibility index (Phi) is 3.29. The topological polar surface area (TPSA) is 106 Å². The highest BCUT2D eigenvalue weighted by Gasteiger charge is 2.35. The van der Waals surface area contributed by atoms with Gasteiger partial charge in [0.25, 0.3) is 0 Å². The van der Waals surface area contributed by atoms with Crippen LogP contribution in [0.1, 0.15) is 12.6 Å². The fourth-order valence-corrected chi connectivity index (χ4v) is 2.78. The van der Waals surface area contributed by atoms with Gasteiger partial charge in [0, 0.05) is 6.42 Å². The molecule has 3 N–H and O–H groups in total.